The summed E-state index contributed by atoms with van der Waals surface area (Å²) in [7, 11) is 0. The topological polar surface area (TPSA) is 63.3 Å². The Bertz CT molecular complexity index is 247. The van der Waals surface area contributed by atoms with Crippen LogP contribution in [0.5, 0.6) is 0 Å². The molecule has 0 heterocycles. The highest BCUT2D eigenvalue weighted by Crippen LogP contribution is 2.38. The van der Waals surface area contributed by atoms with E-state index in [1.165, 1.54) is 32.1 Å². The number of carboxylic acid groups (broad SMARTS) is 1. The fourth-order valence-corrected chi connectivity index (χ4v) is 3.52. The second kappa shape index (κ2) is 9.35. The van der Waals surface area contributed by atoms with E-state index in [2.05, 4.69) is 6.92 Å². The molecule has 1 aliphatic carbocycles. The normalized spacial score (nSPS) is 25.2. The average Bonchev–Trinajstić information content (AvgIpc) is 2.42. The monoisotopic (exact) mass is 269 g/mol. The van der Waals surface area contributed by atoms with Crippen LogP contribution < -0.4 is 5.73 Å². The zero-order valence-electron chi connectivity index (χ0n) is 12.4. The van der Waals surface area contributed by atoms with Gasteiger partial charge in [-0.1, -0.05) is 39.0 Å². The number of nitrogens with two attached hydrogens (primary N) is 1. The molecule has 112 valence electrons. The molecule has 3 heteroatoms. The van der Waals surface area contributed by atoms with Gasteiger partial charge in [-0.25, -0.2) is 0 Å². The third-order valence-corrected chi connectivity index (χ3v) is 4.85. The molecule has 0 aromatic rings. The molecule has 0 aromatic carbocycles. The van der Waals surface area contributed by atoms with Gasteiger partial charge in [0.25, 0.3) is 0 Å². The van der Waals surface area contributed by atoms with Crippen molar-refractivity contribution < 1.29 is 9.90 Å². The average molecular weight is 269 g/mol. The minimum atomic E-state index is -0.624. The number of carbonyl (C=O) groups is 1. The first-order chi connectivity index (χ1) is 9.17. The van der Waals surface area contributed by atoms with E-state index in [0.29, 0.717) is 18.3 Å². The van der Waals surface area contributed by atoms with Crippen LogP contribution in [0.1, 0.15) is 71.1 Å². The summed E-state index contributed by atoms with van der Waals surface area (Å²) in [4.78, 5) is 11.0. The Morgan fingerprint density at radius 3 is 2.42 bits per heavy atom. The van der Waals surface area contributed by atoms with Crippen molar-refractivity contribution in [3.05, 3.63) is 0 Å². The summed E-state index contributed by atoms with van der Waals surface area (Å²) in [6, 6.07) is 0. The summed E-state index contributed by atoms with van der Waals surface area (Å²) < 4.78 is 0. The van der Waals surface area contributed by atoms with E-state index in [-0.39, 0.29) is 0 Å². The van der Waals surface area contributed by atoms with Crippen LogP contribution >= 0.6 is 0 Å². The Balaban J connectivity index is 2.37. The van der Waals surface area contributed by atoms with Gasteiger partial charge in [0, 0.05) is 6.42 Å². The molecule has 0 aromatic heterocycles. The SMILES string of the molecule is CCC1CCC(C(CCCCCN)CC(=O)O)CC1. The lowest BCUT2D eigenvalue weighted by molar-refractivity contribution is -0.138. The maximum atomic E-state index is 11.0. The molecule has 0 amide bonds. The Labute approximate surface area is 118 Å². The summed E-state index contributed by atoms with van der Waals surface area (Å²) in [5, 5.41) is 9.10. The lowest BCUT2D eigenvalue weighted by Gasteiger charge is -2.33. The minimum Gasteiger partial charge on any atom is -0.481 e. The van der Waals surface area contributed by atoms with Crippen molar-refractivity contribution in [2.75, 3.05) is 6.54 Å². The van der Waals surface area contributed by atoms with Gasteiger partial charge in [-0.15, -0.1) is 0 Å². The molecule has 0 radical (unpaired) electrons. The fourth-order valence-electron chi connectivity index (χ4n) is 3.52. The first kappa shape index (κ1) is 16.5. The maximum Gasteiger partial charge on any atom is 0.303 e. The third kappa shape index (κ3) is 6.42. The molecule has 0 spiro atoms. The van der Waals surface area contributed by atoms with Gasteiger partial charge >= 0.3 is 5.97 Å². The largest absolute Gasteiger partial charge is 0.481 e. The van der Waals surface area contributed by atoms with E-state index in [9.17, 15) is 4.79 Å². The summed E-state index contributed by atoms with van der Waals surface area (Å²) in [5.74, 6) is 1.31. The fraction of sp³-hybridized carbons (Fsp3) is 0.938. The molecule has 3 N–H and O–H groups in total. The maximum absolute atomic E-state index is 11.0. The van der Waals surface area contributed by atoms with Gasteiger partial charge in [0.15, 0.2) is 0 Å². The van der Waals surface area contributed by atoms with E-state index in [0.717, 1.165) is 38.1 Å². The molecule has 1 unspecified atom stereocenters. The van der Waals surface area contributed by atoms with Crippen LogP contribution in [0.2, 0.25) is 0 Å². The van der Waals surface area contributed by atoms with E-state index >= 15 is 0 Å². The number of aliphatic carboxylic acids is 1. The van der Waals surface area contributed by atoms with Crippen molar-refractivity contribution in [3.63, 3.8) is 0 Å². The van der Waals surface area contributed by atoms with Crippen LogP contribution in [0.3, 0.4) is 0 Å². The van der Waals surface area contributed by atoms with Gasteiger partial charge in [-0.2, -0.15) is 0 Å². The first-order valence-corrected chi connectivity index (χ1v) is 8.09. The van der Waals surface area contributed by atoms with Crippen LogP contribution in [-0.2, 0) is 4.79 Å². The predicted octanol–water partition coefficient (Wildman–Crippen LogP) is 3.81. The number of hydrogen-bond acceptors (Lipinski definition) is 2. The van der Waals surface area contributed by atoms with Gasteiger partial charge in [-0.3, -0.25) is 4.79 Å². The van der Waals surface area contributed by atoms with Crippen molar-refractivity contribution in [2.45, 2.75) is 71.1 Å². The van der Waals surface area contributed by atoms with Crippen LogP contribution in [0.15, 0.2) is 0 Å². The molecule has 1 rings (SSSR count). The van der Waals surface area contributed by atoms with E-state index in [4.69, 9.17) is 10.8 Å². The summed E-state index contributed by atoms with van der Waals surface area (Å²) in [5.41, 5.74) is 5.51. The molecule has 19 heavy (non-hydrogen) atoms. The molecule has 1 fully saturated rings. The first-order valence-electron chi connectivity index (χ1n) is 8.09. The lowest BCUT2D eigenvalue weighted by Crippen LogP contribution is -2.24. The molecule has 0 bridgehead atoms. The van der Waals surface area contributed by atoms with Crippen LogP contribution in [-0.4, -0.2) is 17.6 Å². The summed E-state index contributed by atoms with van der Waals surface area (Å²) >= 11 is 0. The Morgan fingerprint density at radius 1 is 1.21 bits per heavy atom. The quantitative estimate of drug-likeness (QED) is 0.626. The van der Waals surface area contributed by atoms with Crippen molar-refractivity contribution in [3.8, 4) is 0 Å². The predicted molar refractivity (Wildman–Crippen MR) is 79.0 cm³/mol. The second-order valence-corrected chi connectivity index (χ2v) is 6.19. The van der Waals surface area contributed by atoms with Crippen LogP contribution in [0.4, 0.5) is 0 Å². The van der Waals surface area contributed by atoms with Crippen molar-refractivity contribution in [1.82, 2.24) is 0 Å². The van der Waals surface area contributed by atoms with E-state index < -0.39 is 5.97 Å². The molecular weight excluding hydrogens is 238 g/mol. The van der Waals surface area contributed by atoms with E-state index in [1.807, 2.05) is 0 Å². The Morgan fingerprint density at radius 2 is 1.89 bits per heavy atom. The number of carboxylic acids is 1. The van der Waals surface area contributed by atoms with Crippen molar-refractivity contribution in [2.24, 2.45) is 23.5 Å². The standard InChI is InChI=1S/C16H31NO2/c1-2-13-7-9-14(10-8-13)15(12-16(18)19)6-4-3-5-11-17/h13-15H,2-12,17H2,1H3,(H,18,19). The number of unbranched alkanes of at least 4 members (excludes halogenated alkanes) is 2. The van der Waals surface area contributed by atoms with Crippen LogP contribution in [0.25, 0.3) is 0 Å². The highest BCUT2D eigenvalue weighted by Gasteiger charge is 2.28. The highest BCUT2D eigenvalue weighted by molar-refractivity contribution is 5.67. The van der Waals surface area contributed by atoms with Gasteiger partial charge < -0.3 is 10.8 Å². The molecule has 0 aliphatic heterocycles. The van der Waals surface area contributed by atoms with Gasteiger partial charge in [0.05, 0.1) is 0 Å². The molecule has 3 nitrogen and oxygen atoms in total. The summed E-state index contributed by atoms with van der Waals surface area (Å²) in [6.45, 7) is 3.03. The molecule has 0 saturated heterocycles. The zero-order valence-corrected chi connectivity index (χ0v) is 12.4. The third-order valence-electron chi connectivity index (χ3n) is 4.85. The Hall–Kier alpha value is -0.570. The molecular formula is C16H31NO2. The molecule has 1 saturated carbocycles. The highest BCUT2D eigenvalue weighted by atomic mass is 16.4. The molecule has 1 aliphatic rings. The van der Waals surface area contributed by atoms with E-state index in [1.54, 1.807) is 0 Å². The summed E-state index contributed by atoms with van der Waals surface area (Å²) in [6.07, 6.45) is 11.2. The van der Waals surface area contributed by atoms with Gasteiger partial charge in [0.1, 0.15) is 0 Å². The minimum absolute atomic E-state index is 0.365. The number of rotatable bonds is 9. The Kier molecular flexibility index (Phi) is 8.11. The van der Waals surface area contributed by atoms with Crippen molar-refractivity contribution >= 4 is 5.97 Å². The smallest absolute Gasteiger partial charge is 0.303 e. The van der Waals surface area contributed by atoms with Gasteiger partial charge in [-0.05, 0) is 50.0 Å². The zero-order chi connectivity index (χ0) is 14.1. The number of hydrogen-bond donors (Lipinski definition) is 2. The van der Waals surface area contributed by atoms with Gasteiger partial charge in [0.2, 0.25) is 0 Å². The molecule has 1 atom stereocenters. The lowest BCUT2D eigenvalue weighted by atomic mass is 9.72. The second-order valence-electron chi connectivity index (χ2n) is 6.19. The van der Waals surface area contributed by atoms with Crippen LogP contribution in [0, 0.1) is 17.8 Å². The van der Waals surface area contributed by atoms with Crippen molar-refractivity contribution in [1.29, 1.82) is 0 Å².